The molecule has 0 aliphatic heterocycles. The van der Waals surface area contributed by atoms with Crippen molar-refractivity contribution in [1.82, 2.24) is 10.9 Å². The standard InChI is InChI=1S/C21H24Cl2N2O6/c1-28-17-8-6-13(20(29-2)21(17)30-3)11-19(27)25-24-18(26)5-4-10-31-16-9-7-14(22)12-15(16)23/h6-9,12H,4-5,10-11H2,1-3H3,(H,24,26)(H,25,27). The summed E-state index contributed by atoms with van der Waals surface area (Å²) in [4.78, 5) is 24.2. The zero-order chi connectivity index (χ0) is 22.8. The van der Waals surface area contributed by atoms with Gasteiger partial charge in [0, 0.05) is 17.0 Å². The normalized spacial score (nSPS) is 10.2. The van der Waals surface area contributed by atoms with Crippen molar-refractivity contribution in [3.63, 3.8) is 0 Å². The third-order valence-electron chi connectivity index (χ3n) is 4.18. The van der Waals surface area contributed by atoms with E-state index in [4.69, 9.17) is 42.1 Å². The molecular weight excluding hydrogens is 447 g/mol. The second kappa shape index (κ2) is 12.1. The van der Waals surface area contributed by atoms with E-state index in [-0.39, 0.29) is 25.4 Å². The van der Waals surface area contributed by atoms with E-state index in [1.165, 1.54) is 21.3 Å². The molecule has 2 aromatic rings. The number of ether oxygens (including phenoxy) is 4. The van der Waals surface area contributed by atoms with Gasteiger partial charge in [0.2, 0.25) is 17.6 Å². The molecule has 168 valence electrons. The molecule has 10 heteroatoms. The number of carbonyl (C=O) groups excluding carboxylic acids is 2. The summed E-state index contributed by atoms with van der Waals surface area (Å²) in [7, 11) is 4.46. The van der Waals surface area contributed by atoms with Gasteiger partial charge >= 0.3 is 0 Å². The molecule has 31 heavy (non-hydrogen) atoms. The number of hydrogen-bond donors (Lipinski definition) is 2. The molecule has 0 saturated heterocycles. The molecule has 8 nitrogen and oxygen atoms in total. The first-order valence-corrected chi connectivity index (χ1v) is 10.1. The van der Waals surface area contributed by atoms with Crippen LogP contribution in [0.5, 0.6) is 23.0 Å². The zero-order valence-electron chi connectivity index (χ0n) is 17.4. The van der Waals surface area contributed by atoms with Crippen LogP contribution < -0.4 is 29.8 Å². The van der Waals surface area contributed by atoms with Crippen LogP contribution in [0.4, 0.5) is 0 Å². The summed E-state index contributed by atoms with van der Waals surface area (Å²) in [6.07, 6.45) is 0.567. The second-order valence-corrected chi connectivity index (χ2v) is 7.14. The Balaban J connectivity index is 1.77. The van der Waals surface area contributed by atoms with Gasteiger partial charge in [-0.3, -0.25) is 20.4 Å². The fourth-order valence-electron chi connectivity index (χ4n) is 2.73. The number of carbonyl (C=O) groups is 2. The van der Waals surface area contributed by atoms with E-state index < -0.39 is 5.91 Å². The van der Waals surface area contributed by atoms with Gasteiger partial charge in [0.15, 0.2) is 11.5 Å². The maximum atomic E-state index is 12.2. The van der Waals surface area contributed by atoms with Gasteiger partial charge in [0.05, 0.1) is 39.4 Å². The Kier molecular flexibility index (Phi) is 9.55. The molecular formula is C21H24Cl2N2O6. The summed E-state index contributed by atoms with van der Waals surface area (Å²) < 4.78 is 21.4. The first kappa shape index (κ1) is 24.4. The molecule has 2 rings (SSSR count). The highest BCUT2D eigenvalue weighted by atomic mass is 35.5. The third-order valence-corrected chi connectivity index (χ3v) is 4.71. The van der Waals surface area contributed by atoms with Gasteiger partial charge < -0.3 is 18.9 Å². The van der Waals surface area contributed by atoms with Crippen LogP contribution in [0.15, 0.2) is 30.3 Å². The minimum absolute atomic E-state index is 0.0258. The lowest BCUT2D eigenvalue weighted by Gasteiger charge is -2.15. The molecule has 0 aliphatic carbocycles. The van der Waals surface area contributed by atoms with Gasteiger partial charge in [-0.05, 0) is 30.7 Å². The first-order valence-electron chi connectivity index (χ1n) is 9.33. The van der Waals surface area contributed by atoms with E-state index in [2.05, 4.69) is 10.9 Å². The fraction of sp³-hybridized carbons (Fsp3) is 0.333. The topological polar surface area (TPSA) is 95.1 Å². The summed E-state index contributed by atoms with van der Waals surface area (Å²) in [5.74, 6) is 0.991. The molecule has 0 aliphatic rings. The average molecular weight is 471 g/mol. The molecule has 0 fully saturated rings. The lowest BCUT2D eigenvalue weighted by Crippen LogP contribution is -2.42. The highest BCUT2D eigenvalue weighted by molar-refractivity contribution is 6.35. The molecule has 0 aromatic heterocycles. The summed E-state index contributed by atoms with van der Waals surface area (Å²) in [5, 5.41) is 0.910. The van der Waals surface area contributed by atoms with Crippen LogP contribution in [0, 0.1) is 0 Å². The van der Waals surface area contributed by atoms with E-state index in [9.17, 15) is 9.59 Å². The molecule has 0 radical (unpaired) electrons. The Hall–Kier alpha value is -2.84. The molecule has 0 heterocycles. The minimum atomic E-state index is -0.414. The average Bonchev–Trinajstić information content (AvgIpc) is 2.75. The van der Waals surface area contributed by atoms with Crippen molar-refractivity contribution in [3.8, 4) is 23.0 Å². The van der Waals surface area contributed by atoms with Crippen molar-refractivity contribution < 1.29 is 28.5 Å². The Bertz CT molecular complexity index is 923. The van der Waals surface area contributed by atoms with Gasteiger partial charge in [-0.25, -0.2) is 0 Å². The number of halogens is 2. The second-order valence-electron chi connectivity index (χ2n) is 6.29. The summed E-state index contributed by atoms with van der Waals surface area (Å²) in [6.45, 7) is 0.283. The number of hydrazine groups is 1. The number of methoxy groups -OCH3 is 3. The molecule has 0 atom stereocenters. The summed E-state index contributed by atoms with van der Waals surface area (Å²) in [5.41, 5.74) is 5.34. The van der Waals surface area contributed by atoms with E-state index in [1.807, 2.05) is 0 Å². The predicted molar refractivity (Wildman–Crippen MR) is 117 cm³/mol. The van der Waals surface area contributed by atoms with Crippen LogP contribution in [0.25, 0.3) is 0 Å². The Morgan fingerprint density at radius 3 is 2.19 bits per heavy atom. The minimum Gasteiger partial charge on any atom is -0.493 e. The number of amides is 2. The maximum absolute atomic E-state index is 12.2. The SMILES string of the molecule is COc1ccc(CC(=O)NNC(=O)CCCOc2ccc(Cl)cc2Cl)c(OC)c1OC. The lowest BCUT2D eigenvalue weighted by atomic mass is 10.1. The van der Waals surface area contributed by atoms with Crippen LogP contribution in [-0.2, 0) is 16.0 Å². The lowest BCUT2D eigenvalue weighted by molar-refractivity contribution is -0.128. The van der Waals surface area contributed by atoms with Crippen LogP contribution in [0.1, 0.15) is 18.4 Å². The zero-order valence-corrected chi connectivity index (χ0v) is 18.9. The highest BCUT2D eigenvalue weighted by Gasteiger charge is 2.18. The quantitative estimate of drug-likeness (QED) is 0.407. The van der Waals surface area contributed by atoms with Crippen LogP contribution >= 0.6 is 23.2 Å². The van der Waals surface area contributed by atoms with Crippen molar-refractivity contribution in [3.05, 3.63) is 45.9 Å². The van der Waals surface area contributed by atoms with Gasteiger partial charge in [-0.1, -0.05) is 29.3 Å². The monoisotopic (exact) mass is 470 g/mol. The fourth-order valence-corrected chi connectivity index (χ4v) is 3.19. The Morgan fingerprint density at radius 2 is 1.55 bits per heavy atom. The molecule has 0 saturated carbocycles. The predicted octanol–water partition coefficient (Wildman–Crippen LogP) is 3.57. The van der Waals surface area contributed by atoms with Gasteiger partial charge in [0.1, 0.15) is 5.75 Å². The van der Waals surface area contributed by atoms with Crippen molar-refractivity contribution in [2.45, 2.75) is 19.3 Å². The Morgan fingerprint density at radius 1 is 0.871 bits per heavy atom. The number of hydrogen-bond acceptors (Lipinski definition) is 6. The number of benzene rings is 2. The summed E-state index contributed by atoms with van der Waals surface area (Å²) >= 11 is 11.9. The van der Waals surface area contributed by atoms with Crippen molar-refractivity contribution in [1.29, 1.82) is 0 Å². The summed E-state index contributed by atoms with van der Waals surface area (Å²) in [6, 6.07) is 8.27. The van der Waals surface area contributed by atoms with E-state index >= 15 is 0 Å². The third kappa shape index (κ3) is 7.11. The number of nitrogens with one attached hydrogen (secondary N) is 2. The van der Waals surface area contributed by atoms with Crippen molar-refractivity contribution >= 4 is 35.0 Å². The van der Waals surface area contributed by atoms with Gasteiger partial charge in [0.25, 0.3) is 0 Å². The molecule has 2 aromatic carbocycles. The largest absolute Gasteiger partial charge is 0.493 e. The van der Waals surface area contributed by atoms with Gasteiger partial charge in [-0.2, -0.15) is 0 Å². The molecule has 2 N–H and O–H groups in total. The van der Waals surface area contributed by atoms with Gasteiger partial charge in [-0.15, -0.1) is 0 Å². The molecule has 2 amide bonds. The van der Waals surface area contributed by atoms with Crippen LogP contribution in [0.2, 0.25) is 10.0 Å². The van der Waals surface area contributed by atoms with E-state index in [1.54, 1.807) is 30.3 Å². The van der Waals surface area contributed by atoms with E-state index in [0.717, 1.165) is 0 Å². The molecule has 0 unspecified atom stereocenters. The van der Waals surface area contributed by atoms with Crippen molar-refractivity contribution in [2.75, 3.05) is 27.9 Å². The molecule has 0 bridgehead atoms. The first-order chi connectivity index (χ1) is 14.9. The van der Waals surface area contributed by atoms with Crippen molar-refractivity contribution in [2.24, 2.45) is 0 Å². The maximum Gasteiger partial charge on any atom is 0.242 e. The smallest absolute Gasteiger partial charge is 0.242 e. The molecule has 0 spiro atoms. The highest BCUT2D eigenvalue weighted by Crippen LogP contribution is 2.39. The van der Waals surface area contributed by atoms with Crippen LogP contribution in [-0.4, -0.2) is 39.8 Å². The van der Waals surface area contributed by atoms with E-state index in [0.29, 0.717) is 45.0 Å². The Labute approximate surface area is 190 Å². The number of rotatable bonds is 10. The van der Waals surface area contributed by atoms with Crippen LogP contribution in [0.3, 0.4) is 0 Å².